The van der Waals surface area contributed by atoms with Crippen LogP contribution in [0.15, 0.2) is 47.5 Å². The lowest BCUT2D eigenvalue weighted by atomic mass is 10.2. The molecule has 0 aliphatic heterocycles. The zero-order valence-electron chi connectivity index (χ0n) is 9.59. The highest BCUT2D eigenvalue weighted by Crippen LogP contribution is 2.21. The minimum atomic E-state index is -0.518. The van der Waals surface area contributed by atoms with Crippen molar-refractivity contribution in [3.8, 4) is 0 Å². The molecule has 0 radical (unpaired) electrons. The predicted octanol–water partition coefficient (Wildman–Crippen LogP) is 4.14. The van der Waals surface area contributed by atoms with Crippen molar-refractivity contribution in [2.45, 2.75) is 0 Å². The van der Waals surface area contributed by atoms with E-state index >= 15 is 0 Å². The summed E-state index contributed by atoms with van der Waals surface area (Å²) < 4.78 is 13.0. The van der Waals surface area contributed by atoms with Crippen LogP contribution in [-0.4, -0.2) is 11.1 Å². The lowest BCUT2D eigenvalue weighted by molar-refractivity contribution is -0.384. The summed E-state index contributed by atoms with van der Waals surface area (Å²) in [6.45, 7) is 0. The third kappa shape index (κ3) is 3.35. The van der Waals surface area contributed by atoms with Crippen molar-refractivity contribution in [3.63, 3.8) is 0 Å². The van der Waals surface area contributed by atoms with Crippen LogP contribution in [0.2, 0.25) is 5.02 Å². The fraction of sp³-hybridized carbons (Fsp3) is 0. The first kappa shape index (κ1) is 13.2. The van der Waals surface area contributed by atoms with E-state index in [2.05, 4.69) is 4.99 Å². The summed E-state index contributed by atoms with van der Waals surface area (Å²) in [5, 5.41) is 11.0. The maximum absolute atomic E-state index is 13.0. The van der Waals surface area contributed by atoms with E-state index in [-0.39, 0.29) is 5.69 Å². The van der Waals surface area contributed by atoms with Gasteiger partial charge in [0.05, 0.1) is 10.6 Å². The molecule has 0 N–H and O–H groups in total. The molecule has 0 saturated heterocycles. The smallest absolute Gasteiger partial charge is 0.258 e. The molecule has 96 valence electrons. The molecule has 6 heteroatoms. The highest BCUT2D eigenvalue weighted by atomic mass is 35.5. The standard InChI is InChI=1S/C13H8ClFN2O2/c14-13-5-4-12(17(18)19)6-9(13)8-16-11-3-1-2-10(15)7-11/h1-8H. The molecular formula is C13H8ClFN2O2. The molecule has 0 aromatic heterocycles. The van der Waals surface area contributed by atoms with Crippen molar-refractivity contribution >= 4 is 29.2 Å². The van der Waals surface area contributed by atoms with E-state index < -0.39 is 10.7 Å². The van der Waals surface area contributed by atoms with Crippen molar-refractivity contribution in [1.82, 2.24) is 0 Å². The fourth-order valence-corrected chi connectivity index (χ4v) is 1.61. The normalized spacial score (nSPS) is 10.8. The van der Waals surface area contributed by atoms with Gasteiger partial charge in [0.15, 0.2) is 0 Å². The van der Waals surface area contributed by atoms with Crippen molar-refractivity contribution in [1.29, 1.82) is 0 Å². The molecule has 0 amide bonds. The van der Waals surface area contributed by atoms with Gasteiger partial charge >= 0.3 is 0 Å². The number of halogens is 2. The average Bonchev–Trinajstić information content (AvgIpc) is 2.37. The van der Waals surface area contributed by atoms with E-state index in [0.29, 0.717) is 16.3 Å². The van der Waals surface area contributed by atoms with Crippen LogP contribution in [0.1, 0.15) is 5.56 Å². The van der Waals surface area contributed by atoms with E-state index in [9.17, 15) is 14.5 Å². The number of hydrogen-bond donors (Lipinski definition) is 0. The van der Waals surface area contributed by atoms with Gasteiger partial charge in [0, 0.05) is 28.9 Å². The number of benzene rings is 2. The second kappa shape index (κ2) is 5.58. The van der Waals surface area contributed by atoms with Gasteiger partial charge in [0.2, 0.25) is 0 Å². The quantitative estimate of drug-likeness (QED) is 0.481. The van der Waals surface area contributed by atoms with Crippen molar-refractivity contribution in [2.75, 3.05) is 0 Å². The molecule has 0 bridgehead atoms. The van der Waals surface area contributed by atoms with Gasteiger partial charge in [-0.05, 0) is 24.3 Å². The van der Waals surface area contributed by atoms with Gasteiger partial charge in [-0.3, -0.25) is 15.1 Å². The van der Waals surface area contributed by atoms with E-state index in [1.54, 1.807) is 6.07 Å². The lowest BCUT2D eigenvalue weighted by Gasteiger charge is -1.98. The zero-order chi connectivity index (χ0) is 13.8. The summed E-state index contributed by atoms with van der Waals surface area (Å²) >= 11 is 5.91. The molecule has 0 atom stereocenters. The van der Waals surface area contributed by atoms with E-state index in [1.165, 1.54) is 42.6 Å². The molecule has 0 aliphatic carbocycles. The summed E-state index contributed by atoms with van der Waals surface area (Å²) in [5.41, 5.74) is 0.729. The number of non-ortho nitro benzene ring substituents is 1. The van der Waals surface area contributed by atoms with Gasteiger partial charge in [-0.15, -0.1) is 0 Å². The fourth-order valence-electron chi connectivity index (χ4n) is 1.44. The third-order valence-electron chi connectivity index (χ3n) is 2.35. The third-order valence-corrected chi connectivity index (χ3v) is 2.70. The Morgan fingerprint density at radius 3 is 2.74 bits per heavy atom. The summed E-state index contributed by atoms with van der Waals surface area (Å²) in [6.07, 6.45) is 1.37. The largest absolute Gasteiger partial charge is 0.270 e. The van der Waals surface area contributed by atoms with Crippen LogP contribution < -0.4 is 0 Å². The topological polar surface area (TPSA) is 55.5 Å². The van der Waals surface area contributed by atoms with Crippen LogP contribution in [0, 0.1) is 15.9 Å². The number of aliphatic imine (C=N–C) groups is 1. The zero-order valence-corrected chi connectivity index (χ0v) is 10.3. The molecule has 4 nitrogen and oxygen atoms in total. The molecule has 2 aromatic rings. The van der Waals surface area contributed by atoms with Crippen molar-refractivity contribution in [3.05, 3.63) is 69.0 Å². The highest BCUT2D eigenvalue weighted by molar-refractivity contribution is 6.33. The minimum Gasteiger partial charge on any atom is -0.258 e. The monoisotopic (exact) mass is 278 g/mol. The highest BCUT2D eigenvalue weighted by Gasteiger charge is 2.08. The lowest BCUT2D eigenvalue weighted by Crippen LogP contribution is -1.90. The van der Waals surface area contributed by atoms with Crippen LogP contribution >= 0.6 is 11.6 Å². The first-order valence-corrected chi connectivity index (χ1v) is 5.67. The van der Waals surface area contributed by atoms with Gasteiger partial charge in [-0.1, -0.05) is 17.7 Å². The van der Waals surface area contributed by atoms with Crippen LogP contribution in [-0.2, 0) is 0 Å². The van der Waals surface area contributed by atoms with Gasteiger partial charge in [0.25, 0.3) is 5.69 Å². The molecule has 0 spiro atoms. The van der Waals surface area contributed by atoms with Crippen molar-refractivity contribution < 1.29 is 9.31 Å². The van der Waals surface area contributed by atoms with Gasteiger partial charge < -0.3 is 0 Å². The second-order valence-electron chi connectivity index (χ2n) is 3.70. The Balaban J connectivity index is 2.32. The van der Waals surface area contributed by atoms with Crippen LogP contribution in [0.3, 0.4) is 0 Å². The van der Waals surface area contributed by atoms with Gasteiger partial charge in [-0.25, -0.2) is 4.39 Å². The number of nitro groups is 1. The Hall–Kier alpha value is -2.27. The SMILES string of the molecule is O=[N+]([O-])c1ccc(Cl)c(C=Nc2cccc(F)c2)c1. The average molecular weight is 279 g/mol. The van der Waals surface area contributed by atoms with Crippen LogP contribution in [0.5, 0.6) is 0 Å². The molecule has 0 unspecified atom stereocenters. The van der Waals surface area contributed by atoms with Gasteiger partial charge in [0.1, 0.15) is 5.82 Å². The molecule has 19 heavy (non-hydrogen) atoms. The Morgan fingerprint density at radius 1 is 1.26 bits per heavy atom. The number of nitro benzene ring substituents is 1. The van der Waals surface area contributed by atoms with E-state index in [4.69, 9.17) is 11.6 Å². The van der Waals surface area contributed by atoms with Crippen molar-refractivity contribution in [2.24, 2.45) is 4.99 Å². The van der Waals surface area contributed by atoms with Crippen LogP contribution in [0.4, 0.5) is 15.8 Å². The molecule has 2 aromatic carbocycles. The minimum absolute atomic E-state index is 0.0786. The molecule has 0 aliphatic rings. The van der Waals surface area contributed by atoms with E-state index in [1.807, 2.05) is 0 Å². The molecular weight excluding hydrogens is 271 g/mol. The molecule has 2 rings (SSSR count). The number of hydrogen-bond acceptors (Lipinski definition) is 3. The summed E-state index contributed by atoms with van der Waals surface area (Å²) in [7, 11) is 0. The first-order valence-electron chi connectivity index (χ1n) is 5.30. The second-order valence-corrected chi connectivity index (χ2v) is 4.11. The summed E-state index contributed by atoms with van der Waals surface area (Å²) in [4.78, 5) is 14.2. The van der Waals surface area contributed by atoms with Gasteiger partial charge in [-0.2, -0.15) is 0 Å². The molecule has 0 heterocycles. The number of rotatable bonds is 3. The molecule has 0 fully saturated rings. The Kier molecular flexibility index (Phi) is 3.87. The predicted molar refractivity (Wildman–Crippen MR) is 71.8 cm³/mol. The van der Waals surface area contributed by atoms with Crippen LogP contribution in [0.25, 0.3) is 0 Å². The Morgan fingerprint density at radius 2 is 2.05 bits per heavy atom. The van der Waals surface area contributed by atoms with E-state index in [0.717, 1.165) is 0 Å². The Bertz CT molecular complexity index is 659. The maximum atomic E-state index is 13.0. The summed E-state index contributed by atoms with van der Waals surface area (Å²) in [6, 6.07) is 9.74. The molecule has 0 saturated carbocycles. The first-order chi connectivity index (χ1) is 9.06. The Labute approximate surface area is 113 Å². The summed E-state index contributed by atoms with van der Waals surface area (Å²) in [5.74, 6) is -0.403. The maximum Gasteiger partial charge on any atom is 0.270 e. The number of nitrogens with zero attached hydrogens (tertiary/aromatic N) is 2.